The molecule has 0 spiro atoms. The highest BCUT2D eigenvalue weighted by Crippen LogP contribution is 2.38. The van der Waals surface area contributed by atoms with Crippen LogP contribution in [0.15, 0.2) is 46.9 Å². The third kappa shape index (κ3) is 3.18. The van der Waals surface area contributed by atoms with Crippen LogP contribution in [0.25, 0.3) is 5.69 Å². The van der Waals surface area contributed by atoms with Crippen molar-refractivity contribution in [1.82, 2.24) is 9.78 Å². The molecule has 0 saturated carbocycles. The maximum atomic E-state index is 13.2. The van der Waals surface area contributed by atoms with Gasteiger partial charge in [-0.15, -0.1) is 0 Å². The van der Waals surface area contributed by atoms with Gasteiger partial charge in [0.1, 0.15) is 5.82 Å². The van der Waals surface area contributed by atoms with Crippen LogP contribution in [0.2, 0.25) is 0 Å². The number of aryl methyl sites for hydroxylation is 3. The second kappa shape index (κ2) is 7.02. The lowest BCUT2D eigenvalue weighted by Crippen LogP contribution is -2.28. The fourth-order valence-electron chi connectivity index (χ4n) is 3.63. The van der Waals surface area contributed by atoms with Gasteiger partial charge in [0.05, 0.1) is 17.3 Å². The fourth-order valence-corrected chi connectivity index (χ4v) is 3.89. The Hall–Kier alpha value is -2.73. The van der Waals surface area contributed by atoms with E-state index < -0.39 is 5.92 Å². The monoisotopic (exact) mass is 437 g/mol. The quantitative estimate of drug-likeness (QED) is 0.594. The highest BCUT2D eigenvalue weighted by atomic mass is 79.9. The summed E-state index contributed by atoms with van der Waals surface area (Å²) in [5.74, 6) is -0.183. The van der Waals surface area contributed by atoms with Crippen LogP contribution in [-0.2, 0) is 4.79 Å². The van der Waals surface area contributed by atoms with Crippen LogP contribution in [0.4, 0.5) is 5.82 Å². The number of aromatic nitrogens is 2. The number of amides is 1. The summed E-state index contributed by atoms with van der Waals surface area (Å²) in [6.45, 7) is 5.98. The molecule has 1 aromatic heterocycles. The minimum absolute atomic E-state index is 0.0636. The zero-order valence-electron chi connectivity index (χ0n) is 15.9. The normalized spacial score (nSPS) is 15.9. The van der Waals surface area contributed by atoms with E-state index in [2.05, 4.69) is 33.3 Å². The van der Waals surface area contributed by atoms with Gasteiger partial charge in [-0.3, -0.25) is 9.59 Å². The molecule has 5 nitrogen and oxygen atoms in total. The minimum Gasteiger partial charge on any atom is -0.310 e. The average molecular weight is 438 g/mol. The molecule has 1 aliphatic rings. The number of ketones is 1. The van der Waals surface area contributed by atoms with E-state index in [1.807, 2.05) is 44.2 Å². The van der Waals surface area contributed by atoms with Crippen molar-refractivity contribution >= 4 is 33.4 Å². The first kappa shape index (κ1) is 18.6. The SMILES string of the molecule is Cc1ccc(-n2nc(C)c3c2NC(=O)CC3C(=O)c2ccc(Br)cc2)cc1C. The van der Waals surface area contributed by atoms with Crippen molar-refractivity contribution in [2.45, 2.75) is 33.1 Å². The van der Waals surface area contributed by atoms with Crippen molar-refractivity contribution in [3.63, 3.8) is 0 Å². The maximum absolute atomic E-state index is 13.2. The van der Waals surface area contributed by atoms with Crippen molar-refractivity contribution in [2.75, 3.05) is 5.32 Å². The maximum Gasteiger partial charge on any atom is 0.226 e. The Kier molecular flexibility index (Phi) is 4.67. The van der Waals surface area contributed by atoms with Crippen molar-refractivity contribution in [1.29, 1.82) is 0 Å². The molecule has 1 unspecified atom stereocenters. The lowest BCUT2D eigenvalue weighted by molar-refractivity contribution is -0.116. The molecular formula is C22H20BrN3O2. The lowest BCUT2D eigenvalue weighted by Gasteiger charge is -2.23. The average Bonchev–Trinajstić information content (AvgIpc) is 3.00. The Morgan fingerprint density at radius 2 is 1.82 bits per heavy atom. The number of benzene rings is 2. The van der Waals surface area contributed by atoms with Gasteiger partial charge in [-0.1, -0.05) is 34.1 Å². The molecule has 1 aliphatic heterocycles. The molecule has 0 aliphatic carbocycles. The molecule has 4 rings (SSSR count). The van der Waals surface area contributed by atoms with Crippen LogP contribution in [-0.4, -0.2) is 21.5 Å². The van der Waals surface area contributed by atoms with E-state index in [0.29, 0.717) is 11.4 Å². The summed E-state index contributed by atoms with van der Waals surface area (Å²) in [6.07, 6.45) is 0.126. The van der Waals surface area contributed by atoms with Gasteiger partial charge in [-0.2, -0.15) is 5.10 Å². The molecule has 2 heterocycles. The number of nitrogens with zero attached hydrogens (tertiary/aromatic N) is 2. The Morgan fingerprint density at radius 3 is 2.50 bits per heavy atom. The second-order valence-corrected chi connectivity index (χ2v) is 8.12. The van der Waals surface area contributed by atoms with Gasteiger partial charge in [0.2, 0.25) is 5.91 Å². The molecule has 2 aromatic carbocycles. The van der Waals surface area contributed by atoms with Crippen LogP contribution in [0.5, 0.6) is 0 Å². The summed E-state index contributed by atoms with van der Waals surface area (Å²) in [6, 6.07) is 13.3. The van der Waals surface area contributed by atoms with Gasteiger partial charge in [0.15, 0.2) is 5.78 Å². The van der Waals surface area contributed by atoms with Gasteiger partial charge in [-0.25, -0.2) is 4.68 Å². The molecule has 0 saturated heterocycles. The molecule has 6 heteroatoms. The molecule has 0 bridgehead atoms. The number of hydrogen-bond donors (Lipinski definition) is 1. The summed E-state index contributed by atoms with van der Waals surface area (Å²) >= 11 is 3.39. The summed E-state index contributed by atoms with van der Waals surface area (Å²) in [4.78, 5) is 25.6. The van der Waals surface area contributed by atoms with Crippen molar-refractivity contribution in [2.24, 2.45) is 0 Å². The van der Waals surface area contributed by atoms with Gasteiger partial charge in [-0.05, 0) is 56.2 Å². The second-order valence-electron chi connectivity index (χ2n) is 7.20. The minimum atomic E-state index is -0.537. The van der Waals surface area contributed by atoms with E-state index in [0.717, 1.165) is 27.0 Å². The van der Waals surface area contributed by atoms with Gasteiger partial charge < -0.3 is 5.32 Å². The number of carbonyl (C=O) groups excluding carboxylic acids is 2. The Bertz CT molecular complexity index is 1100. The first-order valence-corrected chi connectivity index (χ1v) is 9.91. The number of fused-ring (bicyclic) bond motifs is 1. The summed E-state index contributed by atoms with van der Waals surface area (Å²) in [5.41, 5.74) is 5.34. The topological polar surface area (TPSA) is 64.0 Å². The molecule has 1 N–H and O–H groups in total. The molecule has 142 valence electrons. The van der Waals surface area contributed by atoms with Crippen molar-refractivity contribution in [3.8, 4) is 5.69 Å². The highest BCUT2D eigenvalue weighted by molar-refractivity contribution is 9.10. The van der Waals surface area contributed by atoms with Gasteiger partial charge in [0.25, 0.3) is 0 Å². The summed E-state index contributed by atoms with van der Waals surface area (Å²) in [7, 11) is 0. The van der Waals surface area contributed by atoms with E-state index in [-0.39, 0.29) is 18.1 Å². The number of hydrogen-bond acceptors (Lipinski definition) is 3. The Morgan fingerprint density at radius 1 is 1.11 bits per heavy atom. The van der Waals surface area contributed by atoms with Crippen molar-refractivity contribution < 1.29 is 9.59 Å². The van der Waals surface area contributed by atoms with E-state index in [4.69, 9.17) is 0 Å². The Labute approximate surface area is 171 Å². The molecular weight excluding hydrogens is 418 g/mol. The number of rotatable bonds is 3. The van der Waals surface area contributed by atoms with E-state index in [1.54, 1.807) is 16.8 Å². The molecule has 28 heavy (non-hydrogen) atoms. The van der Waals surface area contributed by atoms with Crippen LogP contribution in [0.1, 0.15) is 45.1 Å². The third-order valence-electron chi connectivity index (χ3n) is 5.28. The highest BCUT2D eigenvalue weighted by Gasteiger charge is 2.36. The molecule has 1 atom stereocenters. The number of nitrogens with one attached hydrogen (secondary N) is 1. The largest absolute Gasteiger partial charge is 0.310 e. The van der Waals surface area contributed by atoms with Crippen LogP contribution < -0.4 is 5.32 Å². The first-order chi connectivity index (χ1) is 13.3. The number of Topliss-reactive ketones (excluding diaryl/α,β-unsaturated/α-hetero) is 1. The summed E-state index contributed by atoms with van der Waals surface area (Å²) < 4.78 is 2.64. The van der Waals surface area contributed by atoms with Crippen molar-refractivity contribution in [3.05, 3.63) is 74.9 Å². The van der Waals surface area contributed by atoms with Gasteiger partial charge >= 0.3 is 0 Å². The molecule has 1 amide bonds. The number of carbonyl (C=O) groups is 2. The zero-order valence-corrected chi connectivity index (χ0v) is 17.5. The molecule has 0 fully saturated rings. The fraction of sp³-hybridized carbons (Fsp3) is 0.227. The number of anilines is 1. The van der Waals surface area contributed by atoms with E-state index >= 15 is 0 Å². The summed E-state index contributed by atoms with van der Waals surface area (Å²) in [5, 5.41) is 7.58. The number of halogens is 1. The Balaban J connectivity index is 1.82. The standard InChI is InChI=1S/C22H20BrN3O2/c1-12-4-9-17(10-13(12)2)26-22-20(14(3)25-26)18(11-19(27)24-22)21(28)15-5-7-16(23)8-6-15/h4-10,18H,11H2,1-3H3,(H,24,27). The van der Waals surface area contributed by atoms with Gasteiger partial charge in [0, 0.05) is 22.0 Å². The molecule has 3 aromatic rings. The van der Waals surface area contributed by atoms with E-state index in [9.17, 15) is 9.59 Å². The lowest BCUT2D eigenvalue weighted by atomic mass is 9.85. The zero-order chi connectivity index (χ0) is 20.0. The third-order valence-corrected chi connectivity index (χ3v) is 5.81. The first-order valence-electron chi connectivity index (χ1n) is 9.12. The smallest absolute Gasteiger partial charge is 0.226 e. The molecule has 0 radical (unpaired) electrons. The van der Waals surface area contributed by atoms with Crippen LogP contribution >= 0.6 is 15.9 Å². The predicted molar refractivity (Wildman–Crippen MR) is 112 cm³/mol. The van der Waals surface area contributed by atoms with E-state index in [1.165, 1.54) is 5.56 Å². The van der Waals surface area contributed by atoms with Crippen LogP contribution in [0, 0.1) is 20.8 Å². The predicted octanol–water partition coefficient (Wildman–Crippen LogP) is 4.87. The van der Waals surface area contributed by atoms with Crippen LogP contribution in [0.3, 0.4) is 0 Å².